The Balaban J connectivity index is 1.87. The molecule has 2 aliphatic heterocycles. The minimum Gasteiger partial charge on any atom is -0.348 e. The maximum atomic E-state index is 2.63. The molecule has 0 atom stereocenters. The summed E-state index contributed by atoms with van der Waals surface area (Å²) in [6.07, 6.45) is 4.76. The van der Waals surface area contributed by atoms with Crippen LogP contribution in [0.1, 0.15) is 39.3 Å². The van der Waals surface area contributed by atoms with Crippen LogP contribution >= 0.6 is 0 Å². The summed E-state index contributed by atoms with van der Waals surface area (Å²) in [5.41, 5.74) is 2.12. The van der Waals surface area contributed by atoms with E-state index < -0.39 is 0 Å². The Hall–Kier alpha value is -0.800. The predicted octanol–water partition coefficient (Wildman–Crippen LogP) is 2.52. The fourth-order valence-electron chi connectivity index (χ4n) is 3.88. The Labute approximate surface area is 117 Å². The molecule has 3 rings (SSSR count). The van der Waals surface area contributed by atoms with Gasteiger partial charge in [-0.1, -0.05) is 0 Å². The van der Waals surface area contributed by atoms with Gasteiger partial charge in [-0.3, -0.25) is 9.80 Å². The fourth-order valence-corrected chi connectivity index (χ4v) is 3.88. The van der Waals surface area contributed by atoms with E-state index in [9.17, 15) is 0 Å². The molecular formula is C16H27N3. The van der Waals surface area contributed by atoms with Gasteiger partial charge in [0.05, 0.1) is 5.54 Å². The minimum atomic E-state index is 0.281. The highest BCUT2D eigenvalue weighted by atomic mass is 15.3. The van der Waals surface area contributed by atoms with Gasteiger partial charge in [-0.15, -0.1) is 0 Å². The second-order valence-corrected chi connectivity index (χ2v) is 7.20. The van der Waals surface area contributed by atoms with E-state index >= 15 is 0 Å². The number of fused-ring (bicyclic) bond motifs is 2. The molecule has 3 heteroatoms. The van der Waals surface area contributed by atoms with E-state index in [0.29, 0.717) is 5.54 Å². The maximum absolute atomic E-state index is 2.63. The van der Waals surface area contributed by atoms with Gasteiger partial charge in [0.15, 0.2) is 0 Å². The third kappa shape index (κ3) is 2.03. The van der Waals surface area contributed by atoms with Crippen molar-refractivity contribution in [3.63, 3.8) is 0 Å². The van der Waals surface area contributed by atoms with Crippen LogP contribution in [0.25, 0.3) is 0 Å². The molecule has 1 spiro atoms. The fraction of sp³-hybridized carbons (Fsp3) is 0.750. The monoisotopic (exact) mass is 261 g/mol. The van der Waals surface area contributed by atoms with Gasteiger partial charge in [-0.05, 0) is 52.8 Å². The summed E-state index contributed by atoms with van der Waals surface area (Å²) in [6.45, 7) is 11.7. The van der Waals surface area contributed by atoms with Crippen molar-refractivity contribution < 1.29 is 0 Å². The van der Waals surface area contributed by atoms with Crippen molar-refractivity contribution in [3.8, 4) is 0 Å². The maximum Gasteiger partial charge on any atom is 0.0636 e. The lowest BCUT2D eigenvalue weighted by atomic mass is 9.80. The normalized spacial score (nSPS) is 24.6. The van der Waals surface area contributed by atoms with E-state index in [1.165, 1.54) is 38.2 Å². The first kappa shape index (κ1) is 13.2. The van der Waals surface area contributed by atoms with E-state index in [-0.39, 0.29) is 5.54 Å². The number of hydrogen-bond acceptors (Lipinski definition) is 2. The minimum absolute atomic E-state index is 0.281. The summed E-state index contributed by atoms with van der Waals surface area (Å²) >= 11 is 0. The Morgan fingerprint density at radius 3 is 2.37 bits per heavy atom. The van der Waals surface area contributed by atoms with Crippen LogP contribution in [0.4, 0.5) is 0 Å². The Morgan fingerprint density at radius 1 is 1.05 bits per heavy atom. The number of hydrogen-bond donors (Lipinski definition) is 0. The molecule has 0 aliphatic carbocycles. The average molecular weight is 261 g/mol. The molecule has 19 heavy (non-hydrogen) atoms. The molecule has 0 N–H and O–H groups in total. The Morgan fingerprint density at radius 2 is 1.74 bits per heavy atom. The van der Waals surface area contributed by atoms with Gasteiger partial charge in [-0.25, -0.2) is 0 Å². The quantitative estimate of drug-likeness (QED) is 0.711. The number of aromatic nitrogens is 1. The summed E-state index contributed by atoms with van der Waals surface area (Å²) in [5.74, 6) is 0. The second kappa shape index (κ2) is 4.35. The van der Waals surface area contributed by atoms with Crippen LogP contribution in [0.2, 0.25) is 0 Å². The topological polar surface area (TPSA) is 11.4 Å². The molecule has 3 heterocycles. The summed E-state index contributed by atoms with van der Waals surface area (Å²) in [7, 11) is 2.31. The van der Waals surface area contributed by atoms with E-state index in [0.717, 1.165) is 6.54 Å². The first-order valence-electron chi connectivity index (χ1n) is 7.55. The van der Waals surface area contributed by atoms with Crippen LogP contribution in [0.5, 0.6) is 0 Å². The van der Waals surface area contributed by atoms with Gasteiger partial charge in [0.1, 0.15) is 0 Å². The zero-order valence-corrected chi connectivity index (χ0v) is 12.8. The molecule has 0 radical (unpaired) electrons. The van der Waals surface area contributed by atoms with Crippen LogP contribution in [-0.2, 0) is 12.1 Å². The Bertz CT molecular complexity index is 447. The average Bonchev–Trinajstić information content (AvgIpc) is 2.83. The molecular weight excluding hydrogens is 234 g/mol. The third-order valence-electron chi connectivity index (χ3n) is 5.25. The molecule has 1 saturated heterocycles. The van der Waals surface area contributed by atoms with Gasteiger partial charge < -0.3 is 4.57 Å². The SMILES string of the molecule is CN1CCn2cccc2C12CCN(C(C)(C)C)CC2. The highest BCUT2D eigenvalue weighted by Crippen LogP contribution is 2.41. The molecule has 0 amide bonds. The summed E-state index contributed by atoms with van der Waals surface area (Å²) in [5, 5.41) is 0. The number of nitrogens with zero attached hydrogens (tertiary/aromatic N) is 3. The lowest BCUT2D eigenvalue weighted by Crippen LogP contribution is -2.58. The van der Waals surface area contributed by atoms with Gasteiger partial charge in [-0.2, -0.15) is 0 Å². The molecule has 0 saturated carbocycles. The molecule has 1 aromatic heterocycles. The lowest BCUT2D eigenvalue weighted by molar-refractivity contribution is -0.0134. The van der Waals surface area contributed by atoms with Crippen LogP contribution in [0.3, 0.4) is 0 Å². The van der Waals surface area contributed by atoms with Crippen molar-refractivity contribution in [1.29, 1.82) is 0 Å². The highest BCUT2D eigenvalue weighted by Gasteiger charge is 2.44. The smallest absolute Gasteiger partial charge is 0.0636 e. The first-order chi connectivity index (χ1) is 8.93. The zero-order valence-electron chi connectivity index (χ0n) is 12.8. The highest BCUT2D eigenvalue weighted by molar-refractivity contribution is 5.22. The molecule has 0 bridgehead atoms. The molecule has 3 nitrogen and oxygen atoms in total. The third-order valence-corrected chi connectivity index (χ3v) is 5.25. The van der Waals surface area contributed by atoms with Crippen molar-refractivity contribution in [2.24, 2.45) is 0 Å². The van der Waals surface area contributed by atoms with Crippen LogP contribution in [0.15, 0.2) is 18.3 Å². The summed E-state index contributed by atoms with van der Waals surface area (Å²) in [6, 6.07) is 4.55. The first-order valence-corrected chi connectivity index (χ1v) is 7.55. The Kier molecular flexibility index (Phi) is 3.02. The molecule has 0 aromatic carbocycles. The molecule has 1 fully saturated rings. The van der Waals surface area contributed by atoms with Crippen molar-refractivity contribution in [3.05, 3.63) is 24.0 Å². The molecule has 0 unspecified atom stereocenters. The second-order valence-electron chi connectivity index (χ2n) is 7.20. The lowest BCUT2D eigenvalue weighted by Gasteiger charge is -2.52. The van der Waals surface area contributed by atoms with Gasteiger partial charge in [0.2, 0.25) is 0 Å². The van der Waals surface area contributed by atoms with Crippen LogP contribution in [-0.4, -0.2) is 46.6 Å². The van der Waals surface area contributed by atoms with Crippen molar-refractivity contribution in [2.45, 2.75) is 51.2 Å². The van der Waals surface area contributed by atoms with Crippen LogP contribution < -0.4 is 0 Å². The largest absolute Gasteiger partial charge is 0.348 e. The molecule has 1 aromatic rings. The van der Waals surface area contributed by atoms with Crippen molar-refractivity contribution in [1.82, 2.24) is 14.4 Å². The van der Waals surface area contributed by atoms with E-state index in [1.54, 1.807) is 0 Å². The molecule has 2 aliphatic rings. The van der Waals surface area contributed by atoms with Gasteiger partial charge in [0, 0.05) is 43.6 Å². The van der Waals surface area contributed by atoms with Crippen molar-refractivity contribution >= 4 is 0 Å². The number of likely N-dealkylation sites (tertiary alicyclic amines) is 1. The van der Waals surface area contributed by atoms with Gasteiger partial charge >= 0.3 is 0 Å². The number of piperidine rings is 1. The number of rotatable bonds is 0. The summed E-state index contributed by atoms with van der Waals surface area (Å²) in [4.78, 5) is 5.23. The summed E-state index contributed by atoms with van der Waals surface area (Å²) < 4.78 is 2.47. The molecule has 106 valence electrons. The van der Waals surface area contributed by atoms with E-state index in [2.05, 4.69) is 60.5 Å². The van der Waals surface area contributed by atoms with Gasteiger partial charge in [0.25, 0.3) is 0 Å². The van der Waals surface area contributed by atoms with E-state index in [1.807, 2.05) is 0 Å². The standard InChI is InChI=1S/C16H27N3/c1-15(2,3)19-10-7-16(8-11-19)14-6-5-9-18(14)13-12-17(16)4/h5-6,9H,7-8,10-13H2,1-4H3. The van der Waals surface area contributed by atoms with Crippen molar-refractivity contribution in [2.75, 3.05) is 26.7 Å². The van der Waals surface area contributed by atoms with E-state index in [4.69, 9.17) is 0 Å². The predicted molar refractivity (Wildman–Crippen MR) is 79.3 cm³/mol. The van der Waals surface area contributed by atoms with Crippen LogP contribution in [0, 0.1) is 0 Å². The number of likely N-dealkylation sites (N-methyl/N-ethyl adjacent to an activating group) is 1. The zero-order chi connectivity index (χ0) is 13.7.